The highest BCUT2D eigenvalue weighted by Crippen LogP contribution is 2.43. The van der Waals surface area contributed by atoms with Crippen LogP contribution in [0.15, 0.2) is 69.5 Å². The first-order chi connectivity index (χ1) is 11.7. The lowest BCUT2D eigenvalue weighted by Crippen LogP contribution is -2.26. The van der Waals surface area contributed by atoms with Crippen molar-refractivity contribution in [2.24, 2.45) is 5.73 Å². The Balaban J connectivity index is 2.10. The Morgan fingerprint density at radius 1 is 1.21 bits per heavy atom. The second-order valence-corrected chi connectivity index (χ2v) is 5.34. The third-order valence-corrected chi connectivity index (χ3v) is 3.99. The van der Waals surface area contributed by atoms with Gasteiger partial charge in [-0.25, -0.2) is 4.79 Å². The van der Waals surface area contributed by atoms with Crippen LogP contribution in [-0.4, -0.2) is 4.98 Å². The van der Waals surface area contributed by atoms with Gasteiger partial charge in [-0.2, -0.15) is 5.26 Å². The molecule has 0 spiro atoms. The van der Waals surface area contributed by atoms with Crippen LogP contribution in [0.25, 0.3) is 11.0 Å². The minimum Gasteiger partial charge on any atom is -0.439 e. The van der Waals surface area contributed by atoms with E-state index in [2.05, 4.69) is 4.98 Å². The number of nitrogens with zero attached hydrogens (tertiary/aromatic N) is 2. The molecule has 1 aliphatic heterocycles. The van der Waals surface area contributed by atoms with Crippen molar-refractivity contribution in [1.82, 2.24) is 4.98 Å². The molecular formula is C18H11N3O3. The van der Waals surface area contributed by atoms with E-state index in [9.17, 15) is 10.1 Å². The third kappa shape index (κ3) is 1.96. The van der Waals surface area contributed by atoms with Crippen LogP contribution in [0, 0.1) is 11.3 Å². The maximum atomic E-state index is 12.6. The van der Waals surface area contributed by atoms with Crippen LogP contribution in [0.5, 0.6) is 5.75 Å². The van der Waals surface area contributed by atoms with Crippen LogP contribution in [0.2, 0.25) is 0 Å². The number of allylic oxidation sites excluding steroid dienone is 1. The van der Waals surface area contributed by atoms with E-state index >= 15 is 0 Å². The fourth-order valence-electron chi connectivity index (χ4n) is 2.95. The molecule has 2 aromatic heterocycles. The monoisotopic (exact) mass is 317 g/mol. The predicted molar refractivity (Wildman–Crippen MR) is 86.0 cm³/mol. The standard InChI is InChI=1S/C18H11N3O3/c19-8-12-14(10-4-3-7-21-9-10)15-16(24-17(12)20)11-5-1-2-6-13(11)23-18(15)22/h1-7,9,14H,20H2/t14-/m0/s1. The summed E-state index contributed by atoms with van der Waals surface area (Å²) in [7, 11) is 0. The largest absolute Gasteiger partial charge is 0.439 e. The molecule has 1 aromatic carbocycles. The van der Waals surface area contributed by atoms with E-state index in [1.54, 1.807) is 42.7 Å². The summed E-state index contributed by atoms with van der Waals surface area (Å²) in [5, 5.41) is 10.1. The van der Waals surface area contributed by atoms with Crippen LogP contribution in [0.4, 0.5) is 0 Å². The van der Waals surface area contributed by atoms with Gasteiger partial charge < -0.3 is 14.9 Å². The second kappa shape index (κ2) is 5.25. The minimum atomic E-state index is -0.673. The van der Waals surface area contributed by atoms with Crippen LogP contribution in [0.1, 0.15) is 17.0 Å². The van der Waals surface area contributed by atoms with Gasteiger partial charge in [-0.05, 0) is 23.8 Å². The topological polar surface area (TPSA) is 102 Å². The first-order valence-electron chi connectivity index (χ1n) is 7.24. The Labute approximate surface area is 136 Å². The number of hydrogen-bond acceptors (Lipinski definition) is 6. The normalized spacial score (nSPS) is 16.4. The van der Waals surface area contributed by atoms with E-state index in [0.29, 0.717) is 22.3 Å². The van der Waals surface area contributed by atoms with Gasteiger partial charge in [0.25, 0.3) is 0 Å². The van der Waals surface area contributed by atoms with Crippen molar-refractivity contribution >= 4 is 11.0 Å². The molecule has 0 fully saturated rings. The smallest absolute Gasteiger partial charge is 0.344 e. The molecule has 0 amide bonds. The summed E-state index contributed by atoms with van der Waals surface area (Å²) in [6.07, 6.45) is 3.21. The highest BCUT2D eigenvalue weighted by atomic mass is 16.5. The van der Waals surface area contributed by atoms with Gasteiger partial charge in [-0.3, -0.25) is 4.98 Å². The van der Waals surface area contributed by atoms with Crippen molar-refractivity contribution in [3.63, 3.8) is 0 Å². The predicted octanol–water partition coefficient (Wildman–Crippen LogP) is 2.41. The van der Waals surface area contributed by atoms with Crippen molar-refractivity contribution in [1.29, 1.82) is 5.26 Å². The number of nitriles is 1. The second-order valence-electron chi connectivity index (χ2n) is 5.34. The Kier molecular flexibility index (Phi) is 3.07. The molecule has 0 saturated carbocycles. The molecule has 116 valence electrons. The highest BCUT2D eigenvalue weighted by molar-refractivity contribution is 5.85. The van der Waals surface area contributed by atoms with Gasteiger partial charge in [0.1, 0.15) is 17.2 Å². The highest BCUT2D eigenvalue weighted by Gasteiger charge is 2.35. The Hall–Kier alpha value is -3.59. The maximum Gasteiger partial charge on any atom is 0.344 e. The SMILES string of the molecule is N#CC1=C(N)Oc2c(c(=O)oc3ccccc23)[C@H]1c1cccnc1. The van der Waals surface area contributed by atoms with Crippen LogP contribution < -0.4 is 16.1 Å². The minimum absolute atomic E-state index is 0.0189. The molecule has 0 aliphatic carbocycles. The Morgan fingerprint density at radius 2 is 2.04 bits per heavy atom. The molecule has 6 heteroatoms. The number of hydrogen-bond donors (Lipinski definition) is 1. The molecule has 3 heterocycles. The van der Waals surface area contributed by atoms with Crippen molar-refractivity contribution in [2.45, 2.75) is 5.92 Å². The lowest BCUT2D eigenvalue weighted by Gasteiger charge is -2.25. The van der Waals surface area contributed by atoms with Gasteiger partial charge >= 0.3 is 5.63 Å². The Bertz CT molecular complexity index is 1080. The first kappa shape index (κ1) is 14.0. The molecule has 0 unspecified atom stereocenters. The van der Waals surface area contributed by atoms with Gasteiger partial charge in [0.15, 0.2) is 5.75 Å². The summed E-state index contributed by atoms with van der Waals surface area (Å²) in [6, 6.07) is 12.6. The summed E-state index contributed by atoms with van der Waals surface area (Å²) >= 11 is 0. The average molecular weight is 317 g/mol. The lowest BCUT2D eigenvalue weighted by molar-refractivity contribution is 0.388. The molecule has 4 rings (SSSR count). The summed E-state index contributed by atoms with van der Waals surface area (Å²) in [4.78, 5) is 16.7. The number of aromatic nitrogens is 1. The summed E-state index contributed by atoms with van der Waals surface area (Å²) in [5.41, 5.74) is 6.89. The third-order valence-electron chi connectivity index (χ3n) is 3.99. The lowest BCUT2D eigenvalue weighted by atomic mass is 9.84. The van der Waals surface area contributed by atoms with Crippen molar-refractivity contribution in [3.05, 3.63) is 81.8 Å². The summed E-state index contributed by atoms with van der Waals surface area (Å²) < 4.78 is 11.0. The molecular weight excluding hydrogens is 306 g/mol. The van der Waals surface area contributed by atoms with Crippen molar-refractivity contribution < 1.29 is 9.15 Å². The molecule has 3 aromatic rings. The number of fused-ring (bicyclic) bond motifs is 3. The maximum absolute atomic E-state index is 12.6. The van der Waals surface area contributed by atoms with Crippen molar-refractivity contribution in [2.75, 3.05) is 0 Å². The van der Waals surface area contributed by atoms with E-state index in [0.717, 1.165) is 0 Å². The molecule has 0 radical (unpaired) electrons. The number of nitrogens with two attached hydrogens (primary N) is 1. The molecule has 1 aliphatic rings. The fourth-order valence-corrected chi connectivity index (χ4v) is 2.95. The van der Waals surface area contributed by atoms with E-state index in [1.807, 2.05) is 12.1 Å². The summed E-state index contributed by atoms with van der Waals surface area (Å²) in [5.74, 6) is -0.366. The summed E-state index contributed by atoms with van der Waals surface area (Å²) in [6.45, 7) is 0. The zero-order valence-electron chi connectivity index (χ0n) is 12.4. The zero-order chi connectivity index (χ0) is 16.7. The zero-order valence-corrected chi connectivity index (χ0v) is 12.4. The van der Waals surface area contributed by atoms with Crippen LogP contribution in [-0.2, 0) is 0 Å². The van der Waals surface area contributed by atoms with Crippen molar-refractivity contribution in [3.8, 4) is 11.8 Å². The van der Waals surface area contributed by atoms with E-state index in [4.69, 9.17) is 14.9 Å². The van der Waals surface area contributed by atoms with E-state index in [1.165, 1.54) is 0 Å². The van der Waals surface area contributed by atoms with E-state index < -0.39 is 11.5 Å². The Morgan fingerprint density at radius 3 is 2.79 bits per heavy atom. The van der Waals surface area contributed by atoms with Crippen LogP contribution in [0.3, 0.4) is 0 Å². The molecule has 2 N–H and O–H groups in total. The molecule has 0 saturated heterocycles. The number of pyridine rings is 1. The number of ether oxygens (including phenoxy) is 1. The number of benzene rings is 1. The van der Waals surface area contributed by atoms with Gasteiger partial charge in [-0.1, -0.05) is 18.2 Å². The van der Waals surface area contributed by atoms with Crippen LogP contribution >= 0.6 is 0 Å². The molecule has 24 heavy (non-hydrogen) atoms. The number of para-hydroxylation sites is 1. The average Bonchev–Trinajstić information content (AvgIpc) is 2.61. The van der Waals surface area contributed by atoms with Gasteiger partial charge in [0.2, 0.25) is 5.88 Å². The molecule has 1 atom stereocenters. The fraction of sp³-hybridized carbons (Fsp3) is 0.0556. The van der Waals surface area contributed by atoms with Gasteiger partial charge in [0.05, 0.1) is 16.9 Å². The quantitative estimate of drug-likeness (QED) is 0.691. The number of rotatable bonds is 1. The molecule has 6 nitrogen and oxygen atoms in total. The van der Waals surface area contributed by atoms with Gasteiger partial charge in [0, 0.05) is 12.4 Å². The molecule has 0 bridgehead atoms. The van der Waals surface area contributed by atoms with Gasteiger partial charge in [-0.15, -0.1) is 0 Å². The van der Waals surface area contributed by atoms with E-state index in [-0.39, 0.29) is 17.0 Å². The first-order valence-corrected chi connectivity index (χ1v) is 7.24.